The van der Waals surface area contributed by atoms with Crippen molar-refractivity contribution in [1.82, 2.24) is 9.55 Å². The summed E-state index contributed by atoms with van der Waals surface area (Å²) >= 11 is 0. The number of aromatic nitrogens is 2. The van der Waals surface area contributed by atoms with Crippen LogP contribution in [-0.2, 0) is 0 Å². The Bertz CT molecular complexity index is 585. The summed E-state index contributed by atoms with van der Waals surface area (Å²) < 4.78 is 1.95. The van der Waals surface area contributed by atoms with Crippen molar-refractivity contribution in [2.24, 2.45) is 0 Å². The highest BCUT2D eigenvalue weighted by atomic mass is 16.1. The summed E-state index contributed by atoms with van der Waals surface area (Å²) in [7, 11) is 0. The van der Waals surface area contributed by atoms with Gasteiger partial charge in [-0.3, -0.25) is 4.79 Å². The SMILES string of the molecule is Cc1cn(-c2cc(C)c(N)c(C=O)c2)c(C)n1. The van der Waals surface area contributed by atoms with Crippen molar-refractivity contribution in [3.63, 3.8) is 0 Å². The Balaban J connectivity index is 2.64. The first-order valence-corrected chi connectivity index (χ1v) is 5.41. The molecule has 0 saturated carbocycles. The molecule has 0 fully saturated rings. The lowest BCUT2D eigenvalue weighted by atomic mass is 10.1. The lowest BCUT2D eigenvalue weighted by Crippen LogP contribution is -2.02. The number of hydrogen-bond donors (Lipinski definition) is 1. The predicted molar refractivity (Wildman–Crippen MR) is 67.6 cm³/mol. The molecule has 1 aromatic heterocycles. The van der Waals surface area contributed by atoms with Crippen molar-refractivity contribution in [1.29, 1.82) is 0 Å². The van der Waals surface area contributed by atoms with Gasteiger partial charge in [0.15, 0.2) is 6.29 Å². The quantitative estimate of drug-likeness (QED) is 0.634. The zero-order valence-electron chi connectivity index (χ0n) is 10.2. The van der Waals surface area contributed by atoms with E-state index >= 15 is 0 Å². The molecule has 88 valence electrons. The number of carbonyl (C=O) groups is 1. The topological polar surface area (TPSA) is 60.9 Å². The van der Waals surface area contributed by atoms with Crippen LogP contribution in [0.2, 0.25) is 0 Å². The molecule has 0 unspecified atom stereocenters. The highest BCUT2D eigenvalue weighted by Crippen LogP contribution is 2.22. The van der Waals surface area contributed by atoms with Gasteiger partial charge in [-0.25, -0.2) is 4.98 Å². The molecular formula is C13H15N3O. The van der Waals surface area contributed by atoms with Crippen molar-refractivity contribution in [2.75, 3.05) is 5.73 Å². The van der Waals surface area contributed by atoms with Gasteiger partial charge < -0.3 is 10.3 Å². The van der Waals surface area contributed by atoms with Crippen LogP contribution in [0.3, 0.4) is 0 Å². The van der Waals surface area contributed by atoms with Gasteiger partial charge in [-0.1, -0.05) is 0 Å². The number of aldehydes is 1. The second-order valence-corrected chi connectivity index (χ2v) is 4.18. The summed E-state index contributed by atoms with van der Waals surface area (Å²) in [5.41, 5.74) is 9.65. The molecule has 0 bridgehead atoms. The van der Waals surface area contributed by atoms with Gasteiger partial charge in [0.2, 0.25) is 0 Å². The maximum atomic E-state index is 10.9. The smallest absolute Gasteiger partial charge is 0.152 e. The molecule has 1 heterocycles. The Labute approximate surface area is 100 Å². The van der Waals surface area contributed by atoms with E-state index < -0.39 is 0 Å². The lowest BCUT2D eigenvalue weighted by molar-refractivity contribution is 0.112. The molecule has 4 nitrogen and oxygen atoms in total. The third kappa shape index (κ3) is 1.93. The summed E-state index contributed by atoms with van der Waals surface area (Å²) in [6, 6.07) is 3.74. The minimum Gasteiger partial charge on any atom is -0.398 e. The Morgan fingerprint density at radius 3 is 2.53 bits per heavy atom. The first kappa shape index (κ1) is 11.4. The number of anilines is 1. The van der Waals surface area contributed by atoms with E-state index in [-0.39, 0.29) is 0 Å². The van der Waals surface area contributed by atoms with Crippen LogP contribution in [0.5, 0.6) is 0 Å². The molecule has 0 amide bonds. The van der Waals surface area contributed by atoms with E-state index in [0.717, 1.165) is 29.1 Å². The van der Waals surface area contributed by atoms with Crippen LogP contribution >= 0.6 is 0 Å². The normalized spacial score (nSPS) is 10.5. The van der Waals surface area contributed by atoms with E-state index in [1.54, 1.807) is 6.07 Å². The number of aryl methyl sites for hydroxylation is 3. The summed E-state index contributed by atoms with van der Waals surface area (Å²) in [5, 5.41) is 0. The summed E-state index contributed by atoms with van der Waals surface area (Å²) in [5.74, 6) is 0.892. The van der Waals surface area contributed by atoms with Crippen LogP contribution in [0, 0.1) is 20.8 Å². The van der Waals surface area contributed by atoms with Crippen molar-refractivity contribution >= 4 is 12.0 Å². The largest absolute Gasteiger partial charge is 0.398 e. The molecule has 0 saturated heterocycles. The van der Waals surface area contributed by atoms with Crippen LogP contribution in [-0.4, -0.2) is 15.8 Å². The fraction of sp³-hybridized carbons (Fsp3) is 0.231. The molecule has 2 rings (SSSR count). The summed E-state index contributed by atoms with van der Waals surface area (Å²) in [6.45, 7) is 5.76. The van der Waals surface area contributed by atoms with E-state index in [1.807, 2.05) is 37.6 Å². The number of benzene rings is 1. The van der Waals surface area contributed by atoms with E-state index in [4.69, 9.17) is 5.73 Å². The van der Waals surface area contributed by atoms with Gasteiger partial charge in [0.05, 0.1) is 5.69 Å². The van der Waals surface area contributed by atoms with Crippen LogP contribution in [0.1, 0.15) is 27.4 Å². The first-order chi connectivity index (χ1) is 8.02. The maximum absolute atomic E-state index is 10.9. The zero-order chi connectivity index (χ0) is 12.6. The fourth-order valence-electron chi connectivity index (χ4n) is 1.92. The van der Waals surface area contributed by atoms with Gasteiger partial charge in [-0.05, 0) is 38.5 Å². The van der Waals surface area contributed by atoms with Crippen molar-refractivity contribution in [2.45, 2.75) is 20.8 Å². The van der Waals surface area contributed by atoms with E-state index in [2.05, 4.69) is 4.98 Å². The minimum atomic E-state index is 0.519. The molecular weight excluding hydrogens is 214 g/mol. The molecule has 0 atom stereocenters. The summed E-state index contributed by atoms with van der Waals surface area (Å²) in [6.07, 6.45) is 2.72. The van der Waals surface area contributed by atoms with E-state index in [9.17, 15) is 4.79 Å². The van der Waals surface area contributed by atoms with Gasteiger partial charge in [0.25, 0.3) is 0 Å². The third-order valence-electron chi connectivity index (χ3n) is 2.81. The number of rotatable bonds is 2. The Hall–Kier alpha value is -2.10. The molecule has 1 aromatic carbocycles. The Kier molecular flexibility index (Phi) is 2.71. The van der Waals surface area contributed by atoms with Gasteiger partial charge in [-0.2, -0.15) is 0 Å². The molecule has 0 aliphatic carbocycles. The molecule has 0 radical (unpaired) electrons. The fourth-order valence-corrected chi connectivity index (χ4v) is 1.92. The number of carbonyl (C=O) groups excluding carboxylic acids is 1. The van der Waals surface area contributed by atoms with Gasteiger partial charge in [-0.15, -0.1) is 0 Å². The Morgan fingerprint density at radius 1 is 1.29 bits per heavy atom. The van der Waals surface area contributed by atoms with Crippen LogP contribution in [0.15, 0.2) is 18.3 Å². The van der Waals surface area contributed by atoms with Crippen molar-refractivity contribution in [3.8, 4) is 5.69 Å². The Morgan fingerprint density at radius 2 is 2.00 bits per heavy atom. The number of nitrogens with zero attached hydrogens (tertiary/aromatic N) is 2. The van der Waals surface area contributed by atoms with Crippen LogP contribution in [0.25, 0.3) is 5.69 Å². The van der Waals surface area contributed by atoms with Crippen LogP contribution < -0.4 is 5.73 Å². The second kappa shape index (κ2) is 4.05. The standard InChI is InChI=1S/C13H15N3O/c1-8-4-12(5-11(7-17)13(8)14)16-6-9(2)15-10(16)3/h4-7H,14H2,1-3H3. The molecule has 2 N–H and O–H groups in total. The zero-order valence-corrected chi connectivity index (χ0v) is 10.2. The van der Waals surface area contributed by atoms with Gasteiger partial charge >= 0.3 is 0 Å². The third-order valence-corrected chi connectivity index (χ3v) is 2.81. The number of nitrogens with two attached hydrogens (primary N) is 1. The highest BCUT2D eigenvalue weighted by Gasteiger charge is 2.08. The average molecular weight is 229 g/mol. The molecule has 0 spiro atoms. The minimum absolute atomic E-state index is 0.519. The molecule has 4 heteroatoms. The highest BCUT2D eigenvalue weighted by molar-refractivity contribution is 5.85. The molecule has 0 aliphatic rings. The van der Waals surface area contributed by atoms with Gasteiger partial charge in [0, 0.05) is 23.1 Å². The second-order valence-electron chi connectivity index (χ2n) is 4.18. The monoisotopic (exact) mass is 229 g/mol. The summed E-state index contributed by atoms with van der Waals surface area (Å²) in [4.78, 5) is 15.3. The van der Waals surface area contributed by atoms with Crippen LogP contribution in [0.4, 0.5) is 5.69 Å². The molecule has 0 aliphatic heterocycles. The number of imidazole rings is 1. The van der Waals surface area contributed by atoms with E-state index in [1.165, 1.54) is 0 Å². The number of hydrogen-bond acceptors (Lipinski definition) is 3. The molecule has 2 aromatic rings. The van der Waals surface area contributed by atoms with Gasteiger partial charge in [0.1, 0.15) is 5.82 Å². The van der Waals surface area contributed by atoms with Crippen molar-refractivity contribution < 1.29 is 4.79 Å². The first-order valence-electron chi connectivity index (χ1n) is 5.41. The lowest BCUT2D eigenvalue weighted by Gasteiger charge is -2.10. The van der Waals surface area contributed by atoms with Crippen molar-refractivity contribution in [3.05, 3.63) is 41.0 Å². The van der Waals surface area contributed by atoms with E-state index in [0.29, 0.717) is 11.3 Å². The number of nitrogen functional groups attached to an aromatic ring is 1. The maximum Gasteiger partial charge on any atom is 0.152 e. The average Bonchev–Trinajstić information content (AvgIpc) is 2.61. The molecule has 17 heavy (non-hydrogen) atoms. The predicted octanol–water partition coefficient (Wildman–Crippen LogP) is 2.19.